The maximum absolute atomic E-state index is 13.0. The van der Waals surface area contributed by atoms with Gasteiger partial charge in [0, 0.05) is 40.4 Å². The van der Waals surface area contributed by atoms with Crippen LogP contribution in [-0.4, -0.2) is 35.1 Å². The number of esters is 2. The van der Waals surface area contributed by atoms with Crippen molar-refractivity contribution in [2.24, 2.45) is 0 Å². The Morgan fingerprint density at radius 3 is 2.33 bits per heavy atom. The van der Waals surface area contributed by atoms with E-state index in [9.17, 15) is 9.59 Å². The second-order valence-corrected chi connectivity index (χ2v) is 8.96. The molecule has 2 aromatic heterocycles. The number of allylic oxidation sites excluding steroid dienone is 2. The lowest BCUT2D eigenvalue weighted by Gasteiger charge is -2.30. The minimum Gasteiger partial charge on any atom is -0.463 e. The number of nitrogens with zero attached hydrogens (tertiary/aromatic N) is 2. The second kappa shape index (κ2) is 11.2. The van der Waals surface area contributed by atoms with Gasteiger partial charge in [-0.3, -0.25) is 4.98 Å². The summed E-state index contributed by atoms with van der Waals surface area (Å²) in [6.07, 6.45) is 3.50. The van der Waals surface area contributed by atoms with Gasteiger partial charge in [-0.1, -0.05) is 12.1 Å². The lowest BCUT2D eigenvalue weighted by Crippen LogP contribution is -2.32. The van der Waals surface area contributed by atoms with E-state index in [1.54, 1.807) is 26.2 Å². The molecule has 0 radical (unpaired) electrons. The predicted octanol–water partition coefficient (Wildman–Crippen LogP) is 5.31. The van der Waals surface area contributed by atoms with Crippen LogP contribution >= 0.6 is 11.3 Å². The summed E-state index contributed by atoms with van der Waals surface area (Å²) in [5, 5.41) is 9.18. The molecular weight excluding hydrogens is 476 g/mol. The van der Waals surface area contributed by atoms with E-state index < -0.39 is 17.9 Å². The van der Waals surface area contributed by atoms with Crippen molar-refractivity contribution in [3.63, 3.8) is 0 Å². The molecule has 186 valence electrons. The van der Waals surface area contributed by atoms with Gasteiger partial charge in [0.2, 0.25) is 0 Å². The lowest BCUT2D eigenvalue weighted by atomic mass is 9.80. The van der Waals surface area contributed by atoms with E-state index in [2.05, 4.69) is 20.6 Å². The molecule has 9 heteroatoms. The SMILES string of the molecule is CCOC(=O)C1=C(C)NC(C)=C(C(=O)OCC)C1c1cccc(Nc2nc(-c3cccnc3)cs2)c1. The van der Waals surface area contributed by atoms with Crippen molar-refractivity contribution in [1.82, 2.24) is 15.3 Å². The van der Waals surface area contributed by atoms with Gasteiger partial charge in [0.1, 0.15) is 0 Å². The molecule has 1 aromatic carbocycles. The predicted molar refractivity (Wildman–Crippen MR) is 140 cm³/mol. The Morgan fingerprint density at radius 2 is 1.72 bits per heavy atom. The monoisotopic (exact) mass is 504 g/mol. The van der Waals surface area contributed by atoms with Crippen molar-refractivity contribution in [3.05, 3.63) is 82.3 Å². The van der Waals surface area contributed by atoms with Gasteiger partial charge in [0.25, 0.3) is 0 Å². The lowest BCUT2D eigenvalue weighted by molar-refractivity contribution is -0.139. The quantitative estimate of drug-likeness (QED) is 0.398. The van der Waals surface area contributed by atoms with E-state index in [1.807, 2.05) is 55.6 Å². The van der Waals surface area contributed by atoms with Gasteiger partial charge in [-0.25, -0.2) is 14.6 Å². The van der Waals surface area contributed by atoms with Crippen LogP contribution < -0.4 is 10.6 Å². The molecule has 0 amide bonds. The van der Waals surface area contributed by atoms with E-state index >= 15 is 0 Å². The van der Waals surface area contributed by atoms with Gasteiger partial charge >= 0.3 is 11.9 Å². The molecule has 1 aliphatic rings. The molecule has 8 nitrogen and oxygen atoms in total. The molecule has 0 spiro atoms. The van der Waals surface area contributed by atoms with Crippen LogP contribution in [0.4, 0.5) is 10.8 Å². The topological polar surface area (TPSA) is 102 Å². The average Bonchev–Trinajstić information content (AvgIpc) is 3.33. The second-order valence-electron chi connectivity index (χ2n) is 8.11. The molecule has 3 aromatic rings. The molecule has 0 saturated heterocycles. The van der Waals surface area contributed by atoms with Crippen LogP contribution in [0.3, 0.4) is 0 Å². The number of dihydropyridines is 1. The van der Waals surface area contributed by atoms with E-state index in [0.29, 0.717) is 27.7 Å². The third-order valence-electron chi connectivity index (χ3n) is 5.68. The highest BCUT2D eigenvalue weighted by Gasteiger charge is 2.38. The third-order valence-corrected chi connectivity index (χ3v) is 6.44. The zero-order valence-corrected chi connectivity index (χ0v) is 21.4. The summed E-state index contributed by atoms with van der Waals surface area (Å²) < 4.78 is 10.7. The van der Waals surface area contributed by atoms with Crippen LogP contribution in [0, 0.1) is 0 Å². The van der Waals surface area contributed by atoms with Crippen LogP contribution in [0.5, 0.6) is 0 Å². The van der Waals surface area contributed by atoms with Gasteiger partial charge in [-0.05, 0) is 57.5 Å². The first-order chi connectivity index (χ1) is 17.4. The van der Waals surface area contributed by atoms with Crippen molar-refractivity contribution in [1.29, 1.82) is 0 Å². The highest BCUT2D eigenvalue weighted by Crippen LogP contribution is 2.40. The van der Waals surface area contributed by atoms with Gasteiger partial charge in [0.15, 0.2) is 5.13 Å². The number of hydrogen-bond acceptors (Lipinski definition) is 9. The standard InChI is InChI=1S/C27H28N4O4S/c1-5-34-25(32)22-16(3)29-17(4)23(26(33)35-6-2)24(22)18-9-7-11-20(13-18)30-27-31-21(15-36-27)19-10-8-12-28-14-19/h7-15,24,29H,5-6H2,1-4H3,(H,30,31). The molecule has 2 N–H and O–H groups in total. The minimum atomic E-state index is -0.645. The average molecular weight is 505 g/mol. The number of carbonyl (C=O) groups excluding carboxylic acids is 2. The summed E-state index contributed by atoms with van der Waals surface area (Å²) in [5.74, 6) is -1.59. The van der Waals surface area contributed by atoms with Crippen LogP contribution in [-0.2, 0) is 19.1 Å². The number of pyridine rings is 1. The van der Waals surface area contributed by atoms with Crippen LogP contribution in [0.1, 0.15) is 39.2 Å². The Morgan fingerprint density at radius 1 is 1.03 bits per heavy atom. The Labute approximate surface area is 214 Å². The Bertz CT molecular complexity index is 1290. The largest absolute Gasteiger partial charge is 0.463 e. The fourth-order valence-electron chi connectivity index (χ4n) is 4.18. The molecule has 0 fully saturated rings. The maximum Gasteiger partial charge on any atom is 0.336 e. The Kier molecular flexibility index (Phi) is 7.80. The molecule has 4 rings (SSSR count). The smallest absolute Gasteiger partial charge is 0.336 e. The number of aromatic nitrogens is 2. The molecule has 0 aliphatic carbocycles. The normalized spacial score (nSPS) is 13.9. The Hall–Kier alpha value is -3.98. The van der Waals surface area contributed by atoms with E-state index in [1.165, 1.54) is 11.3 Å². The van der Waals surface area contributed by atoms with Gasteiger partial charge in [-0.15, -0.1) is 11.3 Å². The van der Waals surface area contributed by atoms with Crippen molar-refractivity contribution in [2.45, 2.75) is 33.6 Å². The number of carbonyl (C=O) groups is 2. The molecule has 0 bridgehead atoms. The highest BCUT2D eigenvalue weighted by molar-refractivity contribution is 7.14. The molecule has 0 atom stereocenters. The molecule has 0 saturated carbocycles. The number of benzene rings is 1. The highest BCUT2D eigenvalue weighted by atomic mass is 32.1. The zero-order valence-electron chi connectivity index (χ0n) is 20.6. The molecular formula is C27H28N4O4S. The van der Waals surface area contributed by atoms with Crippen molar-refractivity contribution >= 4 is 34.1 Å². The number of ether oxygens (including phenoxy) is 2. The summed E-state index contributed by atoms with van der Waals surface area (Å²) in [6.45, 7) is 7.58. The first-order valence-electron chi connectivity index (χ1n) is 11.7. The number of rotatable bonds is 8. The summed E-state index contributed by atoms with van der Waals surface area (Å²) >= 11 is 1.48. The first kappa shape index (κ1) is 25.1. The molecule has 0 unspecified atom stereocenters. The molecule has 36 heavy (non-hydrogen) atoms. The zero-order chi connectivity index (χ0) is 25.7. The number of nitrogens with one attached hydrogen (secondary N) is 2. The fraction of sp³-hybridized carbons (Fsp3) is 0.259. The van der Waals surface area contributed by atoms with E-state index in [-0.39, 0.29) is 13.2 Å². The molecule has 1 aliphatic heterocycles. The van der Waals surface area contributed by atoms with Gasteiger partial charge < -0.3 is 20.1 Å². The third kappa shape index (κ3) is 5.31. The van der Waals surface area contributed by atoms with Crippen LogP contribution in [0.25, 0.3) is 11.3 Å². The number of anilines is 2. The van der Waals surface area contributed by atoms with Gasteiger partial charge in [0.05, 0.1) is 36.0 Å². The molecule has 3 heterocycles. The summed E-state index contributed by atoms with van der Waals surface area (Å²) in [4.78, 5) is 34.9. The fourth-order valence-corrected chi connectivity index (χ4v) is 4.92. The maximum atomic E-state index is 13.0. The van der Waals surface area contributed by atoms with Crippen molar-refractivity contribution in [2.75, 3.05) is 18.5 Å². The minimum absolute atomic E-state index is 0.227. The Balaban J connectivity index is 1.71. The van der Waals surface area contributed by atoms with Crippen LogP contribution in [0.15, 0.2) is 76.7 Å². The summed E-state index contributed by atoms with van der Waals surface area (Å²) in [7, 11) is 0. The summed E-state index contributed by atoms with van der Waals surface area (Å²) in [5.41, 5.74) is 5.36. The first-order valence-corrected chi connectivity index (χ1v) is 12.6. The van der Waals surface area contributed by atoms with E-state index in [0.717, 1.165) is 22.5 Å². The van der Waals surface area contributed by atoms with Crippen molar-refractivity contribution < 1.29 is 19.1 Å². The van der Waals surface area contributed by atoms with Crippen LogP contribution in [0.2, 0.25) is 0 Å². The summed E-state index contributed by atoms with van der Waals surface area (Å²) in [6, 6.07) is 11.4. The number of hydrogen-bond donors (Lipinski definition) is 2. The van der Waals surface area contributed by atoms with Gasteiger partial charge in [-0.2, -0.15) is 0 Å². The van der Waals surface area contributed by atoms with Crippen molar-refractivity contribution in [3.8, 4) is 11.3 Å². The van der Waals surface area contributed by atoms with E-state index in [4.69, 9.17) is 9.47 Å². The number of thiazole rings is 1.